The van der Waals surface area contributed by atoms with Crippen LogP contribution in [-0.2, 0) is 21.2 Å². The minimum Gasteiger partial charge on any atom is -0.493 e. The third-order valence-electron chi connectivity index (χ3n) is 5.20. The highest BCUT2D eigenvalue weighted by atomic mass is 127. The molecule has 0 saturated heterocycles. The number of H-pyrrole nitrogens is 1. The number of amides is 1. The molecule has 10 nitrogen and oxygen atoms in total. The molecule has 36 heavy (non-hydrogen) atoms. The number of aryl methyl sites for hydroxylation is 1. The molecule has 4 rings (SSSR count). The first-order valence-corrected chi connectivity index (χ1v) is 13.1. The number of anilines is 1. The number of nitrogens with zero attached hydrogens (tertiary/aromatic N) is 2. The van der Waals surface area contributed by atoms with E-state index in [1.807, 2.05) is 6.07 Å². The van der Waals surface area contributed by atoms with E-state index in [0.29, 0.717) is 22.9 Å². The number of carbonyl (C=O) groups is 2. The molecule has 0 aliphatic rings. The number of benzene rings is 3. The van der Waals surface area contributed by atoms with Crippen molar-refractivity contribution in [3.8, 4) is 5.88 Å². The van der Waals surface area contributed by atoms with Gasteiger partial charge in [0.15, 0.2) is 5.69 Å². The average molecular weight is 618 g/mol. The molecule has 1 heterocycles. The molecular formula is C24H19IN4O6S. The van der Waals surface area contributed by atoms with Crippen molar-refractivity contribution in [1.82, 2.24) is 4.98 Å². The zero-order chi connectivity index (χ0) is 25.9. The maximum absolute atomic E-state index is 12.7. The Labute approximate surface area is 219 Å². The molecule has 1 amide bonds. The predicted octanol–water partition coefficient (Wildman–Crippen LogP) is 5.22. The minimum atomic E-state index is -3.89. The summed E-state index contributed by atoms with van der Waals surface area (Å²) >= 11 is 2.12. The van der Waals surface area contributed by atoms with Crippen molar-refractivity contribution in [3.63, 3.8) is 0 Å². The number of aromatic hydroxyl groups is 1. The summed E-state index contributed by atoms with van der Waals surface area (Å²) in [7, 11) is -3.89. The van der Waals surface area contributed by atoms with Gasteiger partial charge in [0, 0.05) is 26.6 Å². The lowest BCUT2D eigenvalue weighted by molar-refractivity contribution is -0.136. The van der Waals surface area contributed by atoms with Crippen molar-refractivity contribution >= 4 is 66.8 Å². The van der Waals surface area contributed by atoms with Crippen LogP contribution in [0.25, 0.3) is 10.9 Å². The predicted molar refractivity (Wildman–Crippen MR) is 141 cm³/mol. The number of sulfonamides is 1. The van der Waals surface area contributed by atoms with Gasteiger partial charge in [0.05, 0.1) is 10.4 Å². The molecule has 0 radical (unpaired) electrons. The van der Waals surface area contributed by atoms with Gasteiger partial charge in [0.25, 0.3) is 15.9 Å². The van der Waals surface area contributed by atoms with Gasteiger partial charge in [-0.15, -0.1) is 10.2 Å². The molecule has 12 heteroatoms. The number of carbonyl (C=O) groups excluding carboxylic acids is 1. The second-order valence-corrected chi connectivity index (χ2v) is 10.7. The van der Waals surface area contributed by atoms with Gasteiger partial charge in [-0.25, -0.2) is 8.42 Å². The monoisotopic (exact) mass is 618 g/mol. The number of hydrogen-bond donors (Lipinski definition) is 4. The fourth-order valence-corrected chi connectivity index (χ4v) is 4.92. The van der Waals surface area contributed by atoms with Gasteiger partial charge in [0.2, 0.25) is 5.88 Å². The lowest BCUT2D eigenvalue weighted by Gasteiger charge is -2.09. The first kappa shape index (κ1) is 25.3. The van der Waals surface area contributed by atoms with E-state index in [0.717, 1.165) is 3.57 Å². The average Bonchev–Trinajstić information content (AvgIpc) is 3.15. The lowest BCUT2D eigenvalue weighted by Crippen LogP contribution is -2.13. The van der Waals surface area contributed by atoms with E-state index >= 15 is 0 Å². The Bertz CT molecular complexity index is 1580. The standard InChI is InChI=1S/C24H19IN4O6S/c25-16-6-11-20-19(13-16)22(24(33)26-20)27-28-23(32)15-4-7-17(8-5-15)29-36(34,35)18-9-1-14(2-10-18)3-12-21(30)31/h1-2,4-11,13,26,29,33H,3,12H2,(H,30,31). The van der Waals surface area contributed by atoms with E-state index in [9.17, 15) is 23.1 Å². The highest BCUT2D eigenvalue weighted by Crippen LogP contribution is 2.36. The molecule has 0 aliphatic heterocycles. The van der Waals surface area contributed by atoms with Crippen LogP contribution in [-0.4, -0.2) is 35.5 Å². The maximum atomic E-state index is 12.7. The van der Waals surface area contributed by atoms with E-state index in [1.165, 1.54) is 36.4 Å². The molecule has 4 N–H and O–H groups in total. The van der Waals surface area contributed by atoms with Gasteiger partial charge in [0.1, 0.15) is 0 Å². The van der Waals surface area contributed by atoms with Crippen molar-refractivity contribution in [2.45, 2.75) is 17.7 Å². The number of halogens is 1. The largest absolute Gasteiger partial charge is 0.493 e. The van der Waals surface area contributed by atoms with Crippen LogP contribution >= 0.6 is 22.6 Å². The number of carboxylic acids is 1. The number of aromatic nitrogens is 1. The maximum Gasteiger partial charge on any atom is 0.303 e. The molecule has 184 valence electrons. The van der Waals surface area contributed by atoms with Crippen LogP contribution in [0.5, 0.6) is 5.88 Å². The van der Waals surface area contributed by atoms with E-state index in [-0.39, 0.29) is 34.1 Å². The molecule has 0 atom stereocenters. The first-order valence-electron chi connectivity index (χ1n) is 10.5. The topological polar surface area (TPSA) is 161 Å². The number of fused-ring (bicyclic) bond motifs is 1. The molecule has 0 fully saturated rings. The second-order valence-electron chi connectivity index (χ2n) is 7.74. The molecule has 4 aromatic rings. The number of aromatic amines is 1. The van der Waals surface area contributed by atoms with Crippen molar-refractivity contribution in [2.24, 2.45) is 10.2 Å². The van der Waals surface area contributed by atoms with Gasteiger partial charge in [-0.1, -0.05) is 12.1 Å². The summed E-state index contributed by atoms with van der Waals surface area (Å²) in [6, 6.07) is 17.0. The van der Waals surface area contributed by atoms with Crippen molar-refractivity contribution < 1.29 is 28.2 Å². The summed E-state index contributed by atoms with van der Waals surface area (Å²) in [5, 5.41) is 27.1. The summed E-state index contributed by atoms with van der Waals surface area (Å²) in [6.45, 7) is 0. The Balaban J connectivity index is 1.44. The second kappa shape index (κ2) is 10.5. The van der Waals surface area contributed by atoms with Crippen molar-refractivity contribution in [1.29, 1.82) is 0 Å². The normalized spacial score (nSPS) is 11.7. The summed E-state index contributed by atoms with van der Waals surface area (Å²) < 4.78 is 28.7. The summed E-state index contributed by atoms with van der Waals surface area (Å²) in [4.78, 5) is 25.9. The molecule has 0 unspecified atom stereocenters. The molecule has 0 aliphatic carbocycles. The Morgan fingerprint density at radius 1 is 1.00 bits per heavy atom. The van der Waals surface area contributed by atoms with Gasteiger partial charge >= 0.3 is 5.97 Å². The molecule has 1 aromatic heterocycles. The highest BCUT2D eigenvalue weighted by molar-refractivity contribution is 14.1. The lowest BCUT2D eigenvalue weighted by atomic mass is 10.1. The van der Waals surface area contributed by atoms with Gasteiger partial charge in [-0.05, 0) is 89.2 Å². The van der Waals surface area contributed by atoms with Crippen LogP contribution in [0.1, 0.15) is 22.3 Å². The van der Waals surface area contributed by atoms with Crippen LogP contribution in [0.4, 0.5) is 11.4 Å². The SMILES string of the molecule is O=C(O)CCc1ccc(S(=O)(=O)Nc2ccc(C(=O)N=Nc3c(O)[nH]c4ccc(I)cc34)cc2)cc1. The minimum absolute atomic E-state index is 0.0173. The number of aliphatic carboxylic acids is 1. The summed E-state index contributed by atoms with van der Waals surface area (Å²) in [5.41, 5.74) is 1.93. The molecule has 0 bridgehead atoms. The van der Waals surface area contributed by atoms with Crippen LogP contribution in [0.3, 0.4) is 0 Å². The summed E-state index contributed by atoms with van der Waals surface area (Å²) in [5.74, 6) is -1.80. The fourth-order valence-electron chi connectivity index (χ4n) is 3.37. The third kappa shape index (κ3) is 5.88. The zero-order valence-electron chi connectivity index (χ0n) is 18.5. The third-order valence-corrected chi connectivity index (χ3v) is 7.27. The molecule has 0 spiro atoms. The number of rotatable bonds is 8. The Kier molecular flexibility index (Phi) is 7.35. The van der Waals surface area contributed by atoms with Crippen LogP contribution in [0, 0.1) is 3.57 Å². The quantitative estimate of drug-likeness (QED) is 0.156. The number of azo groups is 1. The van der Waals surface area contributed by atoms with E-state index in [1.54, 1.807) is 24.3 Å². The van der Waals surface area contributed by atoms with Crippen LogP contribution in [0.15, 0.2) is 81.9 Å². The first-order chi connectivity index (χ1) is 17.1. The number of carboxylic acid groups (broad SMARTS) is 1. The summed E-state index contributed by atoms with van der Waals surface area (Å²) in [6.07, 6.45) is 0.256. The van der Waals surface area contributed by atoms with Gasteiger partial charge in [-0.2, -0.15) is 0 Å². The van der Waals surface area contributed by atoms with E-state index in [4.69, 9.17) is 5.11 Å². The number of hydrogen-bond acceptors (Lipinski definition) is 6. The Hall–Kier alpha value is -3.78. The van der Waals surface area contributed by atoms with E-state index in [2.05, 4.69) is 42.5 Å². The molecule has 3 aromatic carbocycles. The van der Waals surface area contributed by atoms with Crippen molar-refractivity contribution in [3.05, 3.63) is 81.4 Å². The van der Waals surface area contributed by atoms with Gasteiger partial charge < -0.3 is 15.2 Å². The Morgan fingerprint density at radius 3 is 2.36 bits per heavy atom. The zero-order valence-corrected chi connectivity index (χ0v) is 21.4. The number of nitrogens with one attached hydrogen (secondary N) is 2. The van der Waals surface area contributed by atoms with E-state index < -0.39 is 21.9 Å². The smallest absolute Gasteiger partial charge is 0.303 e. The molecular weight excluding hydrogens is 599 g/mol. The molecule has 0 saturated carbocycles. The Morgan fingerprint density at radius 2 is 1.69 bits per heavy atom. The van der Waals surface area contributed by atoms with Crippen LogP contribution in [0.2, 0.25) is 0 Å². The van der Waals surface area contributed by atoms with Crippen LogP contribution < -0.4 is 4.72 Å². The van der Waals surface area contributed by atoms with Gasteiger partial charge in [-0.3, -0.25) is 14.3 Å². The highest BCUT2D eigenvalue weighted by Gasteiger charge is 2.15. The van der Waals surface area contributed by atoms with Crippen molar-refractivity contribution in [2.75, 3.05) is 4.72 Å². The fraction of sp³-hybridized carbons (Fsp3) is 0.0833.